The quantitative estimate of drug-likeness (QED) is 0.312. The Bertz CT molecular complexity index is 269. The third kappa shape index (κ3) is 5.44. The van der Waals surface area contributed by atoms with Gasteiger partial charge in [-0.15, -0.1) is 0 Å². The summed E-state index contributed by atoms with van der Waals surface area (Å²) in [5.41, 5.74) is 0.823. The molecule has 3 heteroatoms. The van der Waals surface area contributed by atoms with E-state index in [4.69, 9.17) is 4.84 Å². The lowest BCUT2D eigenvalue weighted by molar-refractivity contribution is 0.145. The lowest BCUT2D eigenvalue weighted by atomic mass is 10.1. The van der Waals surface area contributed by atoms with Crippen LogP contribution in [-0.2, 0) is 4.84 Å². The molecule has 1 aliphatic carbocycles. The monoisotopic (exact) mass is 208 g/mol. The second kappa shape index (κ2) is 6.47. The van der Waals surface area contributed by atoms with Gasteiger partial charge in [0.2, 0.25) is 0 Å². The average molecular weight is 208 g/mol. The minimum atomic E-state index is 0.328. The normalized spacial score (nSPS) is 16.1. The maximum atomic E-state index is 5.21. The van der Waals surface area contributed by atoms with Crippen molar-refractivity contribution in [3.8, 4) is 11.8 Å². The zero-order chi connectivity index (χ0) is 11.1. The molecule has 0 aromatic carbocycles. The zero-order valence-electron chi connectivity index (χ0n) is 9.84. The molecular weight excluding hydrogens is 188 g/mol. The highest BCUT2D eigenvalue weighted by Gasteiger charge is 2.19. The van der Waals surface area contributed by atoms with Gasteiger partial charge in [0.05, 0.1) is 0 Å². The molecule has 15 heavy (non-hydrogen) atoms. The van der Waals surface area contributed by atoms with Crippen LogP contribution >= 0.6 is 0 Å². The molecule has 1 rings (SSSR count). The Labute approximate surface area is 92.3 Å². The van der Waals surface area contributed by atoms with Gasteiger partial charge >= 0.3 is 0 Å². The van der Waals surface area contributed by atoms with Crippen LogP contribution in [0.1, 0.15) is 33.6 Å². The fourth-order valence-corrected chi connectivity index (χ4v) is 1.11. The van der Waals surface area contributed by atoms with E-state index >= 15 is 0 Å². The number of hydrogen-bond acceptors (Lipinski definition) is 3. The summed E-state index contributed by atoms with van der Waals surface area (Å²) in [6, 6.07) is 0.734. The van der Waals surface area contributed by atoms with Crippen molar-refractivity contribution >= 4 is 5.71 Å². The number of rotatable bonds is 6. The Morgan fingerprint density at radius 3 is 2.80 bits per heavy atom. The number of nitrogens with zero attached hydrogens (tertiary/aromatic N) is 1. The van der Waals surface area contributed by atoms with E-state index in [2.05, 4.69) is 36.2 Å². The van der Waals surface area contributed by atoms with Crippen LogP contribution in [0.4, 0.5) is 0 Å². The lowest BCUT2D eigenvalue weighted by Gasteiger charge is -2.04. The summed E-state index contributed by atoms with van der Waals surface area (Å²) in [6.07, 6.45) is 2.61. The molecule has 1 aliphatic rings. The van der Waals surface area contributed by atoms with Gasteiger partial charge in [0.25, 0.3) is 0 Å². The Hall–Kier alpha value is -1.01. The van der Waals surface area contributed by atoms with E-state index in [-0.39, 0.29) is 0 Å². The summed E-state index contributed by atoms with van der Waals surface area (Å²) in [4.78, 5) is 5.21. The molecule has 0 aromatic heterocycles. The van der Waals surface area contributed by atoms with Gasteiger partial charge in [0, 0.05) is 18.5 Å². The van der Waals surface area contributed by atoms with Crippen LogP contribution in [0.2, 0.25) is 0 Å². The highest BCUT2D eigenvalue weighted by Crippen LogP contribution is 2.17. The molecule has 0 bridgehead atoms. The van der Waals surface area contributed by atoms with E-state index in [0.29, 0.717) is 12.5 Å². The minimum Gasteiger partial charge on any atom is -0.394 e. The van der Waals surface area contributed by atoms with Crippen molar-refractivity contribution in [3.05, 3.63) is 0 Å². The van der Waals surface area contributed by atoms with Gasteiger partial charge < -0.3 is 10.2 Å². The molecular formula is C12H20N2O. The summed E-state index contributed by atoms with van der Waals surface area (Å²) < 4.78 is 0. The fraction of sp³-hybridized carbons (Fsp3) is 0.750. The smallest absolute Gasteiger partial charge is 0.132 e. The number of hydrogen-bond donors (Lipinski definition) is 1. The van der Waals surface area contributed by atoms with Crippen molar-refractivity contribution in [2.75, 3.05) is 13.2 Å². The van der Waals surface area contributed by atoms with Gasteiger partial charge in [-0.25, -0.2) is 0 Å². The van der Waals surface area contributed by atoms with Crippen molar-refractivity contribution in [1.82, 2.24) is 5.32 Å². The fourth-order valence-electron chi connectivity index (χ4n) is 1.11. The molecule has 0 aliphatic heterocycles. The van der Waals surface area contributed by atoms with Gasteiger partial charge in [0.1, 0.15) is 12.3 Å². The molecule has 0 radical (unpaired) electrons. The van der Waals surface area contributed by atoms with Gasteiger partial charge in [-0.2, -0.15) is 0 Å². The molecule has 1 N–H and O–H groups in total. The maximum absolute atomic E-state index is 5.21. The summed E-state index contributed by atoms with van der Waals surface area (Å²) in [5, 5.41) is 7.39. The first kappa shape index (κ1) is 12.1. The van der Waals surface area contributed by atoms with Crippen molar-refractivity contribution < 1.29 is 4.84 Å². The molecule has 0 amide bonds. The third-order valence-electron chi connectivity index (χ3n) is 2.17. The average Bonchev–Trinajstić information content (AvgIpc) is 2.99. The molecule has 84 valence electrons. The number of nitrogens with one attached hydrogen (secondary N) is 1. The van der Waals surface area contributed by atoms with E-state index in [1.165, 1.54) is 12.8 Å². The molecule has 0 unspecified atom stereocenters. The van der Waals surface area contributed by atoms with Gasteiger partial charge in [0.15, 0.2) is 0 Å². The predicted octanol–water partition coefficient (Wildman–Crippen LogP) is 1.79. The van der Waals surface area contributed by atoms with Crippen LogP contribution in [0, 0.1) is 17.8 Å². The van der Waals surface area contributed by atoms with Crippen molar-refractivity contribution in [1.29, 1.82) is 0 Å². The molecule has 1 fully saturated rings. The largest absolute Gasteiger partial charge is 0.394 e. The highest BCUT2D eigenvalue weighted by molar-refractivity contribution is 6.01. The second-order valence-corrected chi connectivity index (χ2v) is 4.07. The Morgan fingerprint density at radius 1 is 1.53 bits per heavy atom. The molecule has 0 spiro atoms. The van der Waals surface area contributed by atoms with E-state index in [1.54, 1.807) is 0 Å². The van der Waals surface area contributed by atoms with Crippen molar-refractivity contribution in [2.45, 2.75) is 39.7 Å². The Balaban J connectivity index is 2.16. The molecule has 0 atom stereocenters. The first-order valence-electron chi connectivity index (χ1n) is 5.60. The molecule has 0 saturated heterocycles. The SMILES string of the molecule is CC#C/C(=N\OCCNC1CC1)C(C)C. The van der Waals surface area contributed by atoms with Gasteiger partial charge in [-0.3, -0.25) is 0 Å². The first-order valence-corrected chi connectivity index (χ1v) is 5.60. The topological polar surface area (TPSA) is 33.6 Å². The second-order valence-electron chi connectivity index (χ2n) is 4.07. The summed E-state index contributed by atoms with van der Waals surface area (Å²) in [6.45, 7) is 7.44. The van der Waals surface area contributed by atoms with Gasteiger partial charge in [-0.05, 0) is 25.7 Å². The predicted molar refractivity (Wildman–Crippen MR) is 62.7 cm³/mol. The molecule has 1 saturated carbocycles. The maximum Gasteiger partial charge on any atom is 0.132 e. The molecule has 0 aromatic rings. The van der Waals surface area contributed by atoms with Crippen LogP contribution in [0.25, 0.3) is 0 Å². The van der Waals surface area contributed by atoms with E-state index in [0.717, 1.165) is 18.3 Å². The lowest BCUT2D eigenvalue weighted by Crippen LogP contribution is -2.21. The third-order valence-corrected chi connectivity index (χ3v) is 2.17. The highest BCUT2D eigenvalue weighted by atomic mass is 16.6. The Morgan fingerprint density at radius 2 is 2.27 bits per heavy atom. The van der Waals surface area contributed by atoms with E-state index < -0.39 is 0 Å². The summed E-state index contributed by atoms with van der Waals surface area (Å²) in [5.74, 6) is 6.12. The zero-order valence-corrected chi connectivity index (χ0v) is 9.84. The number of oxime groups is 1. The van der Waals surface area contributed by atoms with Crippen LogP contribution in [0.15, 0.2) is 5.16 Å². The molecule has 0 heterocycles. The van der Waals surface area contributed by atoms with Gasteiger partial charge in [-0.1, -0.05) is 24.9 Å². The summed E-state index contributed by atoms with van der Waals surface area (Å²) >= 11 is 0. The van der Waals surface area contributed by atoms with Crippen molar-refractivity contribution in [2.24, 2.45) is 11.1 Å². The van der Waals surface area contributed by atoms with E-state index in [1.807, 2.05) is 6.92 Å². The standard InChI is InChI=1S/C12H20N2O/c1-4-5-12(10(2)3)14-15-9-8-13-11-6-7-11/h10-11,13H,6-9H2,1-3H3/b14-12+. The van der Waals surface area contributed by atoms with E-state index in [9.17, 15) is 0 Å². The minimum absolute atomic E-state index is 0.328. The Kier molecular flexibility index (Phi) is 5.20. The summed E-state index contributed by atoms with van der Waals surface area (Å²) in [7, 11) is 0. The van der Waals surface area contributed by atoms with Crippen LogP contribution in [0.3, 0.4) is 0 Å². The van der Waals surface area contributed by atoms with Crippen molar-refractivity contribution in [3.63, 3.8) is 0 Å². The van der Waals surface area contributed by atoms with Crippen LogP contribution in [0.5, 0.6) is 0 Å². The van der Waals surface area contributed by atoms with Crippen LogP contribution in [-0.4, -0.2) is 24.9 Å². The van der Waals surface area contributed by atoms with Crippen LogP contribution < -0.4 is 5.32 Å². The first-order chi connectivity index (χ1) is 7.24. The molecule has 3 nitrogen and oxygen atoms in total.